The number of Topliss-reactive ketones (excluding diaryl/α,β-unsaturated/α-hetero) is 1. The smallest absolute Gasteiger partial charge is 0.339 e. The number of rotatable bonds is 13. The highest BCUT2D eigenvalue weighted by Crippen LogP contribution is 2.27. The molecule has 0 spiro atoms. The number of esters is 1. The van der Waals surface area contributed by atoms with Crippen molar-refractivity contribution in [2.24, 2.45) is 5.73 Å². The summed E-state index contributed by atoms with van der Waals surface area (Å²) in [4.78, 5) is 31.4. The highest BCUT2D eigenvalue weighted by Gasteiger charge is 2.23. The first-order chi connectivity index (χ1) is 23.6. The standard InChI is InChI=1S/C17H20ClN3O3S.C17H19ClN2O4S/c1-3-25(23,24)21(15-6-7-16(18)12(2)8-15)11-14-5-4-13(10-20-14)17(22)9-19;1-4-25(22,23)20(15-7-8-16(18)12(2)9-15)11-14-6-5-13(10-19-14)17(21)24-3/h4-8,10H,3,9,11,19H2,1-2H3;5-10H,4,11H2,1-3H3. The summed E-state index contributed by atoms with van der Waals surface area (Å²) in [6, 6.07) is 16.5. The number of hydrogen-bond donors (Lipinski definition) is 1. The number of benzene rings is 2. The second-order valence-electron chi connectivity index (χ2n) is 10.9. The van der Waals surface area contributed by atoms with Gasteiger partial charge in [0.1, 0.15) is 0 Å². The van der Waals surface area contributed by atoms with Gasteiger partial charge in [0.05, 0.1) is 66.6 Å². The average Bonchev–Trinajstić information content (AvgIpc) is 3.12. The molecule has 4 rings (SSSR count). The fourth-order valence-corrected chi connectivity index (χ4v) is 6.82. The number of ketones is 1. The molecule has 0 aliphatic heterocycles. The molecular weight excluding hydrogens is 725 g/mol. The lowest BCUT2D eigenvalue weighted by Crippen LogP contribution is -2.32. The first-order valence-corrected chi connectivity index (χ1v) is 19.3. The van der Waals surface area contributed by atoms with Crippen LogP contribution in [0.3, 0.4) is 0 Å². The fourth-order valence-electron chi connectivity index (χ4n) is 4.43. The summed E-state index contributed by atoms with van der Waals surface area (Å²) in [6.45, 7) is 6.81. The van der Waals surface area contributed by atoms with E-state index in [9.17, 15) is 26.4 Å². The number of nitrogens with zero attached hydrogens (tertiary/aromatic N) is 4. The number of aromatic nitrogens is 2. The minimum absolute atomic E-state index is 0.0432. The summed E-state index contributed by atoms with van der Waals surface area (Å²) >= 11 is 12.1. The van der Waals surface area contributed by atoms with E-state index in [4.69, 9.17) is 28.9 Å². The zero-order valence-electron chi connectivity index (χ0n) is 28.3. The van der Waals surface area contributed by atoms with E-state index in [1.807, 2.05) is 13.8 Å². The van der Waals surface area contributed by atoms with Crippen molar-refractivity contribution in [3.63, 3.8) is 0 Å². The third kappa shape index (κ3) is 10.5. The minimum atomic E-state index is -3.51. The van der Waals surface area contributed by atoms with Crippen LogP contribution in [0, 0.1) is 13.8 Å². The van der Waals surface area contributed by atoms with Crippen LogP contribution in [-0.4, -0.2) is 63.7 Å². The number of aryl methyl sites for hydroxylation is 2. The number of carbonyl (C=O) groups is 2. The zero-order valence-corrected chi connectivity index (χ0v) is 31.4. The highest BCUT2D eigenvalue weighted by molar-refractivity contribution is 7.93. The largest absolute Gasteiger partial charge is 0.465 e. The van der Waals surface area contributed by atoms with Crippen LogP contribution in [-0.2, 0) is 37.9 Å². The van der Waals surface area contributed by atoms with Crippen LogP contribution in [0.1, 0.15) is 57.1 Å². The van der Waals surface area contributed by atoms with Gasteiger partial charge in [0.25, 0.3) is 0 Å². The number of halogens is 2. The predicted octanol–water partition coefficient (Wildman–Crippen LogP) is 5.73. The predicted molar refractivity (Wildman–Crippen MR) is 197 cm³/mol. The van der Waals surface area contributed by atoms with Crippen LogP contribution in [0.5, 0.6) is 0 Å². The van der Waals surface area contributed by atoms with Gasteiger partial charge in [-0.25, -0.2) is 21.6 Å². The summed E-state index contributed by atoms with van der Waals surface area (Å²) in [5, 5.41) is 1.14. The van der Waals surface area contributed by atoms with Gasteiger partial charge in [0.2, 0.25) is 20.0 Å². The van der Waals surface area contributed by atoms with Crippen LogP contribution in [0.25, 0.3) is 0 Å². The number of nitrogens with two attached hydrogens (primary N) is 1. The van der Waals surface area contributed by atoms with Crippen LogP contribution in [0.2, 0.25) is 10.0 Å². The first kappa shape index (κ1) is 40.4. The fraction of sp³-hybridized carbons (Fsp3) is 0.294. The van der Waals surface area contributed by atoms with Crippen LogP contribution >= 0.6 is 23.2 Å². The van der Waals surface area contributed by atoms with Crippen molar-refractivity contribution in [1.82, 2.24) is 9.97 Å². The number of carbonyl (C=O) groups excluding carboxylic acids is 2. The molecule has 2 N–H and O–H groups in total. The molecule has 4 aromatic rings. The van der Waals surface area contributed by atoms with E-state index < -0.39 is 26.0 Å². The van der Waals surface area contributed by atoms with Crippen molar-refractivity contribution >= 4 is 66.4 Å². The Morgan fingerprint density at radius 2 is 1.14 bits per heavy atom. The Kier molecular flexibility index (Phi) is 14.3. The van der Waals surface area contributed by atoms with Gasteiger partial charge in [-0.05, 0) is 99.5 Å². The van der Waals surface area contributed by atoms with Crippen molar-refractivity contribution in [2.45, 2.75) is 40.8 Å². The number of ether oxygens (including phenoxy) is 1. The van der Waals surface area contributed by atoms with Crippen molar-refractivity contribution in [2.75, 3.05) is 33.8 Å². The van der Waals surface area contributed by atoms with E-state index in [0.717, 1.165) is 11.1 Å². The highest BCUT2D eigenvalue weighted by atomic mass is 35.5. The van der Waals surface area contributed by atoms with Crippen LogP contribution in [0.15, 0.2) is 73.1 Å². The molecule has 0 amide bonds. The Labute approximate surface area is 303 Å². The summed E-state index contributed by atoms with van der Waals surface area (Å²) < 4.78 is 57.3. The molecule has 50 heavy (non-hydrogen) atoms. The van der Waals surface area contributed by atoms with Gasteiger partial charge in [-0.15, -0.1) is 0 Å². The molecule has 0 saturated carbocycles. The topological polar surface area (TPSA) is 170 Å². The van der Waals surface area contributed by atoms with Gasteiger partial charge in [-0.3, -0.25) is 23.4 Å². The maximum Gasteiger partial charge on any atom is 0.339 e. The van der Waals surface area contributed by atoms with Crippen molar-refractivity contribution in [1.29, 1.82) is 0 Å². The van der Waals surface area contributed by atoms with E-state index in [-0.39, 0.29) is 36.9 Å². The number of pyridine rings is 2. The van der Waals surface area contributed by atoms with E-state index in [1.165, 1.54) is 28.1 Å². The van der Waals surface area contributed by atoms with Gasteiger partial charge < -0.3 is 10.5 Å². The molecule has 0 atom stereocenters. The van der Waals surface area contributed by atoms with E-state index in [0.29, 0.717) is 43.9 Å². The Morgan fingerprint density at radius 1 is 0.720 bits per heavy atom. The van der Waals surface area contributed by atoms with Gasteiger partial charge in [0.15, 0.2) is 5.78 Å². The molecule has 0 radical (unpaired) electrons. The summed E-state index contributed by atoms with van der Waals surface area (Å²) in [5.74, 6) is -0.802. The van der Waals surface area contributed by atoms with Gasteiger partial charge in [-0.2, -0.15) is 0 Å². The molecule has 2 aromatic carbocycles. The molecule has 16 heteroatoms. The minimum Gasteiger partial charge on any atom is -0.465 e. The number of sulfonamides is 2. The van der Waals surface area contributed by atoms with Gasteiger partial charge >= 0.3 is 5.97 Å². The average molecular weight is 765 g/mol. The van der Waals surface area contributed by atoms with Crippen LogP contribution < -0.4 is 14.3 Å². The molecule has 2 heterocycles. The molecule has 12 nitrogen and oxygen atoms in total. The number of methoxy groups -OCH3 is 1. The molecule has 0 saturated heterocycles. The molecule has 0 fully saturated rings. The second kappa shape index (κ2) is 17.7. The second-order valence-corrected chi connectivity index (χ2v) is 16.1. The number of anilines is 2. The molecule has 268 valence electrons. The van der Waals surface area contributed by atoms with E-state index in [2.05, 4.69) is 14.7 Å². The van der Waals surface area contributed by atoms with Gasteiger partial charge in [0, 0.05) is 28.0 Å². The van der Waals surface area contributed by atoms with Crippen molar-refractivity contribution in [3.05, 3.63) is 117 Å². The SMILES string of the molecule is CCS(=O)(=O)N(Cc1ccc(C(=O)CN)cn1)c1ccc(Cl)c(C)c1.CCS(=O)(=O)N(Cc1ccc(C(=O)OC)cn1)c1ccc(Cl)c(C)c1. The number of hydrogen-bond acceptors (Lipinski definition) is 10. The lowest BCUT2D eigenvalue weighted by molar-refractivity contribution is 0.0600. The maximum absolute atomic E-state index is 12.5. The maximum atomic E-state index is 12.5. The molecule has 0 aliphatic carbocycles. The quantitative estimate of drug-likeness (QED) is 0.131. The molecule has 0 aliphatic rings. The summed E-state index contributed by atoms with van der Waals surface area (Å²) in [7, 11) is -5.74. The lowest BCUT2D eigenvalue weighted by atomic mass is 10.2. The van der Waals surface area contributed by atoms with Gasteiger partial charge in [-0.1, -0.05) is 23.2 Å². The lowest BCUT2D eigenvalue weighted by Gasteiger charge is -2.24. The van der Waals surface area contributed by atoms with Crippen LogP contribution in [0.4, 0.5) is 11.4 Å². The Bertz CT molecular complexity index is 1880. The van der Waals surface area contributed by atoms with Crippen molar-refractivity contribution in [3.8, 4) is 0 Å². The van der Waals surface area contributed by atoms with E-state index >= 15 is 0 Å². The Balaban J connectivity index is 0.000000270. The van der Waals surface area contributed by atoms with E-state index in [1.54, 1.807) is 74.5 Å². The summed E-state index contributed by atoms with van der Waals surface area (Å²) in [5.41, 5.74) is 9.67. The molecular formula is C34H39Cl2N5O7S2. The molecule has 0 unspecified atom stereocenters. The third-order valence-electron chi connectivity index (χ3n) is 7.45. The zero-order chi connectivity index (χ0) is 37.2. The Morgan fingerprint density at radius 3 is 1.46 bits per heavy atom. The first-order valence-electron chi connectivity index (χ1n) is 15.3. The summed E-state index contributed by atoms with van der Waals surface area (Å²) in [6.07, 6.45) is 2.78. The molecule has 0 bridgehead atoms. The monoisotopic (exact) mass is 763 g/mol. The van der Waals surface area contributed by atoms with Crippen molar-refractivity contribution < 1.29 is 31.2 Å². The normalized spacial score (nSPS) is 11.3. The Hall–Kier alpha value is -4.08. The third-order valence-corrected chi connectivity index (χ3v) is 11.8. The molecule has 2 aromatic heterocycles.